The van der Waals surface area contributed by atoms with Crippen LogP contribution in [-0.2, 0) is 0 Å². The van der Waals surface area contributed by atoms with Crippen LogP contribution in [0.5, 0.6) is 5.88 Å². The van der Waals surface area contributed by atoms with Gasteiger partial charge in [0.1, 0.15) is 0 Å². The van der Waals surface area contributed by atoms with Crippen molar-refractivity contribution in [1.82, 2.24) is 15.0 Å². The number of nitrogens with zero attached hydrogens (tertiary/aromatic N) is 3. The standard InChI is InChI=1S/C15H11N5O/c21-14-13(9-5-1-2-6-10(9)16-14)19-20-15-17-11-7-3-4-8-12(11)18-15/h1-8,16,21H,(H,17,18). The molecule has 2 aromatic carbocycles. The molecule has 0 spiro atoms. The maximum absolute atomic E-state index is 9.91. The molecule has 2 aromatic heterocycles. The quantitative estimate of drug-likeness (QED) is 0.480. The van der Waals surface area contributed by atoms with E-state index >= 15 is 0 Å². The third kappa shape index (κ3) is 1.93. The van der Waals surface area contributed by atoms with Gasteiger partial charge in [0.25, 0.3) is 0 Å². The van der Waals surface area contributed by atoms with Crippen LogP contribution in [0.1, 0.15) is 0 Å². The zero-order valence-electron chi connectivity index (χ0n) is 10.9. The lowest BCUT2D eigenvalue weighted by molar-refractivity contribution is 0.459. The van der Waals surface area contributed by atoms with Gasteiger partial charge in [0.2, 0.25) is 11.8 Å². The van der Waals surface area contributed by atoms with Gasteiger partial charge >= 0.3 is 0 Å². The van der Waals surface area contributed by atoms with Gasteiger partial charge in [-0.1, -0.05) is 30.3 Å². The van der Waals surface area contributed by atoms with Crippen LogP contribution in [0.4, 0.5) is 11.6 Å². The Morgan fingerprint density at radius 3 is 2.48 bits per heavy atom. The lowest BCUT2D eigenvalue weighted by atomic mass is 10.2. The minimum atomic E-state index is -0.00365. The minimum Gasteiger partial charge on any atom is -0.493 e. The van der Waals surface area contributed by atoms with E-state index < -0.39 is 0 Å². The number of nitrogens with one attached hydrogen (secondary N) is 2. The van der Waals surface area contributed by atoms with Gasteiger partial charge in [-0.15, -0.1) is 10.2 Å². The number of imidazole rings is 1. The number of aromatic amines is 2. The number of azo groups is 1. The van der Waals surface area contributed by atoms with E-state index in [9.17, 15) is 5.11 Å². The molecule has 0 amide bonds. The molecule has 0 unspecified atom stereocenters. The average molecular weight is 277 g/mol. The molecule has 21 heavy (non-hydrogen) atoms. The van der Waals surface area contributed by atoms with Crippen LogP contribution in [0.25, 0.3) is 21.9 Å². The van der Waals surface area contributed by atoms with Crippen molar-refractivity contribution >= 4 is 33.6 Å². The Bertz CT molecular complexity index is 933. The summed E-state index contributed by atoms with van der Waals surface area (Å²) in [4.78, 5) is 10.2. The number of aromatic nitrogens is 3. The Labute approximate surface area is 119 Å². The number of fused-ring (bicyclic) bond motifs is 2. The molecule has 0 bridgehead atoms. The van der Waals surface area contributed by atoms with E-state index in [1.807, 2.05) is 48.5 Å². The van der Waals surface area contributed by atoms with E-state index in [1.54, 1.807) is 0 Å². The molecule has 0 aliphatic rings. The molecule has 0 aliphatic heterocycles. The van der Waals surface area contributed by atoms with E-state index in [4.69, 9.17) is 0 Å². The molecular formula is C15H11N5O. The first-order chi connectivity index (χ1) is 10.3. The molecule has 2 heterocycles. The highest BCUT2D eigenvalue weighted by Crippen LogP contribution is 2.35. The summed E-state index contributed by atoms with van der Waals surface area (Å²) in [5.41, 5.74) is 2.95. The second-order valence-electron chi connectivity index (χ2n) is 4.65. The van der Waals surface area contributed by atoms with Gasteiger partial charge in [-0.3, -0.25) is 0 Å². The van der Waals surface area contributed by atoms with Crippen molar-refractivity contribution in [2.24, 2.45) is 10.2 Å². The van der Waals surface area contributed by atoms with Crippen LogP contribution in [-0.4, -0.2) is 20.1 Å². The number of para-hydroxylation sites is 3. The van der Waals surface area contributed by atoms with E-state index in [0.717, 1.165) is 21.9 Å². The third-order valence-corrected chi connectivity index (χ3v) is 3.28. The van der Waals surface area contributed by atoms with Crippen LogP contribution >= 0.6 is 0 Å². The van der Waals surface area contributed by atoms with Crippen LogP contribution in [0.2, 0.25) is 0 Å². The van der Waals surface area contributed by atoms with E-state index in [2.05, 4.69) is 25.2 Å². The predicted molar refractivity (Wildman–Crippen MR) is 80.2 cm³/mol. The summed E-state index contributed by atoms with van der Waals surface area (Å²) >= 11 is 0. The van der Waals surface area contributed by atoms with Crippen molar-refractivity contribution in [1.29, 1.82) is 0 Å². The Hall–Kier alpha value is -3.15. The molecule has 4 aromatic rings. The topological polar surface area (TPSA) is 89.4 Å². The average Bonchev–Trinajstić information content (AvgIpc) is 3.04. The fourth-order valence-electron chi connectivity index (χ4n) is 2.30. The van der Waals surface area contributed by atoms with Gasteiger partial charge in [0.05, 0.1) is 16.6 Å². The maximum atomic E-state index is 9.91. The summed E-state index contributed by atoms with van der Waals surface area (Å²) in [6, 6.07) is 15.2. The monoisotopic (exact) mass is 277 g/mol. The van der Waals surface area contributed by atoms with Crippen molar-refractivity contribution in [3.05, 3.63) is 48.5 Å². The molecule has 4 rings (SSSR count). The number of rotatable bonds is 2. The molecule has 102 valence electrons. The SMILES string of the molecule is Oc1[nH]c2ccccc2c1N=Nc1nc2ccccc2[nH]1. The van der Waals surface area contributed by atoms with Gasteiger partial charge in [-0.25, -0.2) is 4.98 Å². The first-order valence-electron chi connectivity index (χ1n) is 6.47. The number of aromatic hydroxyl groups is 1. The number of benzene rings is 2. The number of hydrogen-bond donors (Lipinski definition) is 3. The smallest absolute Gasteiger partial charge is 0.247 e. The molecule has 0 fully saturated rings. The van der Waals surface area contributed by atoms with Gasteiger partial charge in [0, 0.05) is 5.39 Å². The summed E-state index contributed by atoms with van der Waals surface area (Å²) in [7, 11) is 0. The molecule has 6 heteroatoms. The van der Waals surface area contributed by atoms with Crippen LogP contribution in [0.15, 0.2) is 58.8 Å². The van der Waals surface area contributed by atoms with Gasteiger partial charge in [-0.2, -0.15) is 0 Å². The lowest BCUT2D eigenvalue weighted by Crippen LogP contribution is -1.66. The highest BCUT2D eigenvalue weighted by atomic mass is 16.3. The molecule has 0 saturated carbocycles. The zero-order valence-corrected chi connectivity index (χ0v) is 10.9. The third-order valence-electron chi connectivity index (χ3n) is 3.28. The van der Waals surface area contributed by atoms with Crippen molar-refractivity contribution in [2.45, 2.75) is 0 Å². The number of H-pyrrole nitrogens is 2. The highest BCUT2D eigenvalue weighted by Gasteiger charge is 2.09. The normalized spacial score (nSPS) is 11.8. The largest absolute Gasteiger partial charge is 0.493 e. The fourth-order valence-corrected chi connectivity index (χ4v) is 2.30. The predicted octanol–water partition coefficient (Wildman–Crippen LogP) is 4.17. The molecule has 0 saturated heterocycles. The van der Waals surface area contributed by atoms with Crippen molar-refractivity contribution in [2.75, 3.05) is 0 Å². The molecular weight excluding hydrogens is 266 g/mol. The van der Waals surface area contributed by atoms with Crippen molar-refractivity contribution < 1.29 is 5.11 Å². The maximum Gasteiger partial charge on any atom is 0.247 e. The van der Waals surface area contributed by atoms with Crippen molar-refractivity contribution in [3.8, 4) is 5.88 Å². The first kappa shape index (κ1) is 11.7. The molecule has 6 nitrogen and oxygen atoms in total. The lowest BCUT2D eigenvalue weighted by Gasteiger charge is -1.89. The second-order valence-corrected chi connectivity index (χ2v) is 4.65. The Morgan fingerprint density at radius 2 is 1.62 bits per heavy atom. The Balaban J connectivity index is 1.78. The fraction of sp³-hybridized carbons (Fsp3) is 0. The van der Waals surface area contributed by atoms with Crippen LogP contribution in [0, 0.1) is 0 Å². The summed E-state index contributed by atoms with van der Waals surface area (Å²) < 4.78 is 0. The molecule has 0 radical (unpaired) electrons. The molecule has 0 aliphatic carbocycles. The van der Waals surface area contributed by atoms with Crippen LogP contribution in [0.3, 0.4) is 0 Å². The summed E-state index contributed by atoms with van der Waals surface area (Å²) in [5, 5.41) is 18.9. The van der Waals surface area contributed by atoms with Crippen molar-refractivity contribution in [3.63, 3.8) is 0 Å². The van der Waals surface area contributed by atoms with E-state index in [-0.39, 0.29) is 5.88 Å². The van der Waals surface area contributed by atoms with E-state index in [0.29, 0.717) is 11.6 Å². The minimum absolute atomic E-state index is 0.00365. The van der Waals surface area contributed by atoms with Gasteiger partial charge in [0.15, 0.2) is 5.69 Å². The van der Waals surface area contributed by atoms with Gasteiger partial charge in [-0.05, 0) is 18.2 Å². The van der Waals surface area contributed by atoms with E-state index in [1.165, 1.54) is 0 Å². The van der Waals surface area contributed by atoms with Crippen LogP contribution < -0.4 is 0 Å². The number of hydrogen-bond acceptors (Lipinski definition) is 4. The first-order valence-corrected chi connectivity index (χ1v) is 6.47. The molecule has 3 N–H and O–H groups in total. The second kappa shape index (κ2) is 4.45. The Kier molecular flexibility index (Phi) is 2.47. The Morgan fingerprint density at radius 1 is 0.857 bits per heavy atom. The summed E-state index contributed by atoms with van der Waals surface area (Å²) in [6.45, 7) is 0. The molecule has 0 atom stereocenters. The highest BCUT2D eigenvalue weighted by molar-refractivity contribution is 5.94. The summed E-state index contributed by atoms with van der Waals surface area (Å²) in [5.74, 6) is 0.400. The summed E-state index contributed by atoms with van der Waals surface area (Å²) in [6.07, 6.45) is 0. The zero-order chi connectivity index (χ0) is 14.2. The van der Waals surface area contributed by atoms with Gasteiger partial charge < -0.3 is 15.1 Å².